The first kappa shape index (κ1) is 25.2. The van der Waals surface area contributed by atoms with Gasteiger partial charge in [0.15, 0.2) is 10.1 Å². The second kappa shape index (κ2) is 10.5. The van der Waals surface area contributed by atoms with Crippen LogP contribution in [0.3, 0.4) is 0 Å². The summed E-state index contributed by atoms with van der Waals surface area (Å²) < 4.78 is 61.3. The van der Waals surface area contributed by atoms with Gasteiger partial charge in [0, 0.05) is 0 Å². The number of rotatable bonds is 5. The Labute approximate surface area is 156 Å². The maximum absolute atomic E-state index is 10.7. The molecule has 0 unspecified atom stereocenters. The lowest BCUT2D eigenvalue weighted by molar-refractivity contribution is -0.544. The first-order valence-electron chi connectivity index (χ1n) is 9.05. The zero-order chi connectivity index (χ0) is 20.7. The maximum atomic E-state index is 10.7. The molecule has 1 fully saturated rings. The minimum atomic E-state index is -6.09. The quantitative estimate of drug-likeness (QED) is 0.231. The van der Waals surface area contributed by atoms with Gasteiger partial charge in [-0.25, -0.2) is 8.42 Å². The fourth-order valence-corrected chi connectivity index (χ4v) is 3.13. The van der Waals surface area contributed by atoms with Gasteiger partial charge < -0.3 is 4.55 Å². The summed E-state index contributed by atoms with van der Waals surface area (Å²) in [6, 6.07) is 1.82. The predicted molar refractivity (Wildman–Crippen MR) is 96.1 cm³/mol. The molecule has 0 spiro atoms. The summed E-state index contributed by atoms with van der Waals surface area (Å²) in [5, 5.41) is 0. The Kier molecular flexibility index (Phi) is 10.2. The van der Waals surface area contributed by atoms with E-state index < -0.39 is 15.6 Å². The zero-order valence-electron chi connectivity index (χ0n) is 16.6. The van der Waals surface area contributed by atoms with E-state index in [1.54, 1.807) is 0 Å². The molecule has 5 nitrogen and oxygen atoms in total. The predicted octanol–water partition coefficient (Wildman–Crippen LogP) is 3.80. The molecule has 0 heterocycles. The summed E-state index contributed by atoms with van der Waals surface area (Å²) in [6.07, 6.45) is 9.49. The van der Waals surface area contributed by atoms with Crippen LogP contribution in [-0.4, -0.2) is 59.5 Å². The minimum Gasteiger partial charge on any atom is -0.741 e. The van der Waals surface area contributed by atoms with Crippen molar-refractivity contribution >= 4 is 16.5 Å². The highest BCUT2D eigenvalue weighted by Gasteiger charge is 2.36. The molecule has 1 atom stereocenters. The molecular formula is C17H33F3N2O3S. The number of hydrogen-bond acceptors (Lipinski definition) is 3. The summed E-state index contributed by atoms with van der Waals surface area (Å²) in [6.45, 7) is 11.5. The fraction of sp³-hybridized carbons (Fsp3) is 0.941. The largest absolute Gasteiger partial charge is 0.741 e. The summed E-state index contributed by atoms with van der Waals surface area (Å²) in [5.74, 6) is 0.890. The molecule has 0 saturated heterocycles. The van der Waals surface area contributed by atoms with Crippen molar-refractivity contribution < 1.29 is 30.7 Å². The maximum Gasteiger partial charge on any atom is 0.485 e. The Morgan fingerprint density at radius 1 is 1.04 bits per heavy atom. The lowest BCUT2D eigenvalue weighted by Crippen LogP contribution is -2.41. The molecule has 0 aromatic heterocycles. The third-order valence-electron chi connectivity index (χ3n) is 4.77. The van der Waals surface area contributed by atoms with Crippen molar-refractivity contribution in [3.05, 3.63) is 0 Å². The normalized spacial score (nSPS) is 18.5. The van der Waals surface area contributed by atoms with E-state index in [0.717, 1.165) is 5.92 Å². The number of alkyl halides is 3. The monoisotopic (exact) mass is 402 g/mol. The van der Waals surface area contributed by atoms with Crippen LogP contribution < -0.4 is 0 Å². The van der Waals surface area contributed by atoms with Crippen LogP contribution >= 0.6 is 0 Å². The van der Waals surface area contributed by atoms with Gasteiger partial charge in [-0.15, -0.1) is 0 Å². The van der Waals surface area contributed by atoms with Gasteiger partial charge in [-0.2, -0.15) is 13.2 Å². The summed E-state index contributed by atoms with van der Waals surface area (Å²) in [4.78, 5) is 2.46. The van der Waals surface area contributed by atoms with Crippen LogP contribution in [0, 0.1) is 5.92 Å². The molecule has 0 aromatic carbocycles. The molecule has 0 aliphatic heterocycles. The van der Waals surface area contributed by atoms with Crippen molar-refractivity contribution in [1.82, 2.24) is 4.90 Å². The smallest absolute Gasteiger partial charge is 0.485 e. The minimum absolute atomic E-state index is 0.575. The van der Waals surface area contributed by atoms with E-state index in [1.807, 2.05) is 0 Å². The molecule has 1 saturated carbocycles. The standard InChI is InChI=1S/C16H33N2.CHF3O3S/c1-13(2)18(14(3)4)12-17(6)15(5)16-10-8-7-9-11-16;2-1(3,4)8(5,6)7/h12-16H,7-11H2,1-6H3;(H,5,6,7)/q+1;/p-1/t15-;/m1./s1. The van der Waals surface area contributed by atoms with Crippen molar-refractivity contribution in [2.45, 2.75) is 90.4 Å². The third kappa shape index (κ3) is 8.70. The molecular weight excluding hydrogens is 369 g/mol. The molecule has 0 N–H and O–H groups in total. The lowest BCUT2D eigenvalue weighted by atomic mass is 9.84. The molecule has 0 amide bonds. The first-order chi connectivity index (χ1) is 11.7. The Morgan fingerprint density at radius 2 is 1.42 bits per heavy atom. The Morgan fingerprint density at radius 3 is 1.73 bits per heavy atom. The van der Waals surface area contributed by atoms with Gasteiger partial charge in [-0.3, -0.25) is 9.48 Å². The van der Waals surface area contributed by atoms with Crippen LogP contribution in [0.4, 0.5) is 13.2 Å². The van der Waals surface area contributed by atoms with E-state index >= 15 is 0 Å². The average molecular weight is 403 g/mol. The topological polar surface area (TPSA) is 63.5 Å². The van der Waals surface area contributed by atoms with Crippen LogP contribution in [0.25, 0.3) is 0 Å². The molecule has 0 aromatic rings. The Hall–Kier alpha value is -0.830. The Bertz CT molecular complexity index is 532. The van der Waals surface area contributed by atoms with E-state index in [-0.39, 0.29) is 0 Å². The number of halogens is 3. The molecule has 156 valence electrons. The van der Waals surface area contributed by atoms with Crippen molar-refractivity contribution in [3.8, 4) is 0 Å². The van der Waals surface area contributed by atoms with Gasteiger partial charge in [-0.05, 0) is 53.4 Å². The molecule has 26 heavy (non-hydrogen) atoms. The highest BCUT2D eigenvalue weighted by atomic mass is 32.2. The van der Waals surface area contributed by atoms with Crippen molar-refractivity contribution in [2.24, 2.45) is 5.92 Å². The van der Waals surface area contributed by atoms with E-state index in [1.165, 1.54) is 32.1 Å². The molecule has 0 bridgehead atoms. The van der Waals surface area contributed by atoms with Crippen LogP contribution in [-0.2, 0) is 10.1 Å². The van der Waals surface area contributed by atoms with Crippen molar-refractivity contribution in [3.63, 3.8) is 0 Å². The molecule has 1 rings (SSSR count). The molecule has 9 heteroatoms. The van der Waals surface area contributed by atoms with E-state index in [9.17, 15) is 13.2 Å². The SMILES string of the molecule is CC(C)N(C=[N+](C)[C@H](C)C1CCCCC1)C(C)C.O=S(=O)([O-])C(F)(F)F. The molecule has 1 aliphatic rings. The average Bonchev–Trinajstić information content (AvgIpc) is 2.50. The summed E-state index contributed by atoms with van der Waals surface area (Å²) in [7, 11) is -3.84. The van der Waals surface area contributed by atoms with E-state index in [0.29, 0.717) is 18.1 Å². The van der Waals surface area contributed by atoms with Crippen molar-refractivity contribution in [2.75, 3.05) is 7.05 Å². The van der Waals surface area contributed by atoms with Gasteiger partial charge in [0.05, 0.1) is 25.2 Å². The van der Waals surface area contributed by atoms with Crippen LogP contribution in [0.1, 0.15) is 66.7 Å². The highest BCUT2D eigenvalue weighted by molar-refractivity contribution is 7.86. The van der Waals surface area contributed by atoms with Gasteiger partial charge in [-0.1, -0.05) is 19.3 Å². The van der Waals surface area contributed by atoms with Gasteiger partial charge >= 0.3 is 5.51 Å². The third-order valence-corrected chi connectivity index (χ3v) is 5.33. The second-order valence-corrected chi connectivity index (χ2v) is 8.83. The zero-order valence-corrected chi connectivity index (χ0v) is 17.4. The molecule has 0 radical (unpaired) electrons. The Balaban J connectivity index is 0.000000660. The summed E-state index contributed by atoms with van der Waals surface area (Å²) in [5.41, 5.74) is -5.65. The number of nitrogens with zero attached hydrogens (tertiary/aromatic N) is 2. The van der Waals surface area contributed by atoms with Gasteiger partial charge in [0.1, 0.15) is 0 Å². The van der Waals surface area contributed by atoms with E-state index in [4.69, 9.17) is 13.0 Å². The van der Waals surface area contributed by atoms with Crippen molar-refractivity contribution in [1.29, 1.82) is 0 Å². The summed E-state index contributed by atoms with van der Waals surface area (Å²) >= 11 is 0. The number of hydrogen-bond donors (Lipinski definition) is 0. The van der Waals surface area contributed by atoms with Crippen LogP contribution in [0.5, 0.6) is 0 Å². The lowest BCUT2D eigenvalue weighted by Gasteiger charge is -2.29. The fourth-order valence-electron chi connectivity index (χ4n) is 3.13. The van der Waals surface area contributed by atoms with Gasteiger partial charge in [0.2, 0.25) is 6.34 Å². The molecule has 1 aliphatic carbocycles. The second-order valence-electron chi connectivity index (χ2n) is 7.45. The van der Waals surface area contributed by atoms with Gasteiger partial charge in [0.25, 0.3) is 0 Å². The van der Waals surface area contributed by atoms with E-state index in [2.05, 4.69) is 57.5 Å². The van der Waals surface area contributed by atoms with Crippen LogP contribution in [0.15, 0.2) is 0 Å². The first-order valence-corrected chi connectivity index (χ1v) is 10.5. The highest BCUT2D eigenvalue weighted by Crippen LogP contribution is 2.27. The van der Waals surface area contributed by atoms with Crippen LogP contribution in [0.2, 0.25) is 0 Å².